The number of hydrogen-bond donors (Lipinski definition) is 0. The molecule has 3 aromatic rings. The lowest BCUT2D eigenvalue weighted by Crippen LogP contribution is -2.30. The fourth-order valence-corrected chi connectivity index (χ4v) is 5.73. The largest absolute Gasteiger partial charge is 0.333 e. The molecule has 0 atom stereocenters. The highest BCUT2D eigenvalue weighted by molar-refractivity contribution is 7.89. The fourth-order valence-electron chi connectivity index (χ4n) is 2.60. The number of benzene rings is 1. The summed E-state index contributed by atoms with van der Waals surface area (Å²) < 4.78 is 32.3. The van der Waals surface area contributed by atoms with E-state index in [1.165, 1.54) is 15.6 Å². The van der Waals surface area contributed by atoms with Gasteiger partial charge in [0.1, 0.15) is 0 Å². The third-order valence-electron chi connectivity index (χ3n) is 3.92. The highest BCUT2D eigenvalue weighted by Crippen LogP contribution is 2.35. The van der Waals surface area contributed by atoms with Crippen LogP contribution in [0.4, 0.5) is 0 Å². The van der Waals surface area contributed by atoms with Gasteiger partial charge in [-0.1, -0.05) is 42.7 Å². The summed E-state index contributed by atoms with van der Waals surface area (Å²) in [5, 5.41) is 4.55. The molecule has 0 amide bonds. The van der Waals surface area contributed by atoms with Crippen LogP contribution in [-0.2, 0) is 10.0 Å². The van der Waals surface area contributed by atoms with Crippen molar-refractivity contribution in [3.05, 3.63) is 40.2 Å². The molecule has 0 aliphatic rings. The van der Waals surface area contributed by atoms with Crippen molar-refractivity contribution in [3.8, 4) is 22.2 Å². The van der Waals surface area contributed by atoms with Gasteiger partial charge in [-0.25, -0.2) is 8.42 Å². The van der Waals surface area contributed by atoms with Crippen LogP contribution in [-0.4, -0.2) is 36.0 Å². The molecule has 138 valence electrons. The molecule has 0 fully saturated rings. The normalized spacial score (nSPS) is 12.0. The summed E-state index contributed by atoms with van der Waals surface area (Å²) in [6.07, 6.45) is 0. The van der Waals surface area contributed by atoms with Crippen LogP contribution in [0.25, 0.3) is 22.2 Å². The van der Waals surface area contributed by atoms with Crippen LogP contribution in [0.5, 0.6) is 0 Å². The minimum Gasteiger partial charge on any atom is -0.333 e. The fraction of sp³-hybridized carbons (Fsp3) is 0.294. The zero-order valence-corrected chi connectivity index (χ0v) is 17.0. The van der Waals surface area contributed by atoms with E-state index in [1.54, 1.807) is 31.2 Å². The second-order valence-corrected chi connectivity index (χ2v) is 9.15. The van der Waals surface area contributed by atoms with Crippen LogP contribution in [0.2, 0.25) is 5.02 Å². The van der Waals surface area contributed by atoms with E-state index in [2.05, 4.69) is 10.1 Å². The van der Waals surface area contributed by atoms with Gasteiger partial charge in [-0.15, -0.1) is 11.3 Å². The van der Waals surface area contributed by atoms with Crippen molar-refractivity contribution in [1.82, 2.24) is 14.4 Å². The summed E-state index contributed by atoms with van der Waals surface area (Å²) in [6, 6.07) is 8.74. The van der Waals surface area contributed by atoms with Gasteiger partial charge in [0.15, 0.2) is 0 Å². The summed E-state index contributed by atoms with van der Waals surface area (Å²) in [6.45, 7) is 6.25. The Balaban J connectivity index is 1.98. The number of sulfonamides is 1. The van der Waals surface area contributed by atoms with Crippen LogP contribution in [0.15, 0.2) is 39.8 Å². The molecule has 0 saturated heterocycles. The molecule has 26 heavy (non-hydrogen) atoms. The van der Waals surface area contributed by atoms with Crippen LogP contribution < -0.4 is 0 Å². The van der Waals surface area contributed by atoms with E-state index in [0.717, 1.165) is 5.56 Å². The Kier molecular flexibility index (Phi) is 5.47. The minimum atomic E-state index is -3.53. The van der Waals surface area contributed by atoms with Crippen molar-refractivity contribution < 1.29 is 12.9 Å². The summed E-state index contributed by atoms with van der Waals surface area (Å²) in [5.74, 6) is 0.691. The number of thiophene rings is 1. The number of aryl methyl sites for hydroxylation is 1. The molecule has 0 saturated carbocycles. The maximum Gasteiger partial charge on any atom is 0.268 e. The molecule has 0 spiro atoms. The molecule has 2 aromatic heterocycles. The number of rotatable bonds is 6. The van der Waals surface area contributed by atoms with Crippen molar-refractivity contribution in [2.24, 2.45) is 0 Å². The summed E-state index contributed by atoms with van der Waals surface area (Å²) in [4.78, 5) is 5.97. The van der Waals surface area contributed by atoms with Crippen LogP contribution in [0.3, 0.4) is 0 Å². The van der Waals surface area contributed by atoms with E-state index < -0.39 is 10.0 Å². The van der Waals surface area contributed by atoms with Crippen molar-refractivity contribution in [2.45, 2.75) is 25.7 Å². The topological polar surface area (TPSA) is 76.3 Å². The van der Waals surface area contributed by atoms with E-state index in [-0.39, 0.29) is 10.8 Å². The molecule has 0 unspecified atom stereocenters. The summed E-state index contributed by atoms with van der Waals surface area (Å²) in [5.41, 5.74) is 0.733. The summed E-state index contributed by atoms with van der Waals surface area (Å²) >= 11 is 7.31. The predicted octanol–water partition coefficient (Wildman–Crippen LogP) is 4.46. The molecule has 0 aliphatic carbocycles. The minimum absolute atomic E-state index is 0.281. The molecule has 0 N–H and O–H groups in total. The second kappa shape index (κ2) is 7.48. The van der Waals surface area contributed by atoms with E-state index in [0.29, 0.717) is 33.7 Å². The maximum absolute atomic E-state index is 12.8. The van der Waals surface area contributed by atoms with Gasteiger partial charge in [0, 0.05) is 28.6 Å². The molecule has 9 heteroatoms. The number of hydrogen-bond acceptors (Lipinski definition) is 6. The molecule has 0 radical (unpaired) electrons. The van der Waals surface area contributed by atoms with Crippen molar-refractivity contribution in [2.75, 3.05) is 13.1 Å². The van der Waals surface area contributed by atoms with Crippen molar-refractivity contribution in [3.63, 3.8) is 0 Å². The van der Waals surface area contributed by atoms with Gasteiger partial charge in [0.2, 0.25) is 15.8 Å². The second-order valence-electron chi connectivity index (χ2n) is 5.55. The average Bonchev–Trinajstić information content (AvgIpc) is 3.22. The Labute approximate surface area is 161 Å². The first-order chi connectivity index (χ1) is 12.4. The van der Waals surface area contributed by atoms with Crippen molar-refractivity contribution >= 4 is 33.0 Å². The molecular formula is C17H18ClN3O3S2. The molecule has 2 heterocycles. The lowest BCUT2D eigenvalue weighted by molar-refractivity contribution is 0.433. The van der Waals surface area contributed by atoms with Crippen molar-refractivity contribution in [1.29, 1.82) is 0 Å². The third-order valence-corrected chi connectivity index (χ3v) is 7.49. The van der Waals surface area contributed by atoms with Gasteiger partial charge < -0.3 is 4.52 Å². The van der Waals surface area contributed by atoms with E-state index in [1.807, 2.05) is 19.9 Å². The molecule has 0 aliphatic heterocycles. The Morgan fingerprint density at radius 3 is 2.62 bits per heavy atom. The van der Waals surface area contributed by atoms with Gasteiger partial charge in [-0.3, -0.25) is 0 Å². The first-order valence-electron chi connectivity index (χ1n) is 8.07. The smallest absolute Gasteiger partial charge is 0.268 e. The molecule has 0 bridgehead atoms. The van der Waals surface area contributed by atoms with E-state index in [9.17, 15) is 8.42 Å². The molecular weight excluding hydrogens is 394 g/mol. The quantitative estimate of drug-likeness (QED) is 0.598. The average molecular weight is 412 g/mol. The first kappa shape index (κ1) is 19.0. The zero-order valence-electron chi connectivity index (χ0n) is 14.6. The number of nitrogens with zero attached hydrogens (tertiary/aromatic N) is 3. The standard InChI is InChI=1S/C17H18ClN3O3S2/c1-4-21(5-2)26(22,23)15-10-14(25-11(15)3)17-19-16(20-24-17)12-7-6-8-13(18)9-12/h6-10H,4-5H2,1-3H3. The Hall–Kier alpha value is -1.74. The Morgan fingerprint density at radius 1 is 1.23 bits per heavy atom. The summed E-state index contributed by atoms with van der Waals surface area (Å²) in [7, 11) is -3.53. The van der Waals surface area contributed by atoms with Gasteiger partial charge in [0.05, 0.1) is 9.77 Å². The van der Waals surface area contributed by atoms with Crippen LogP contribution in [0, 0.1) is 6.92 Å². The highest BCUT2D eigenvalue weighted by Gasteiger charge is 2.27. The third kappa shape index (κ3) is 3.55. The number of halogens is 1. The molecule has 3 rings (SSSR count). The lowest BCUT2D eigenvalue weighted by atomic mass is 10.2. The predicted molar refractivity (Wildman–Crippen MR) is 103 cm³/mol. The zero-order chi connectivity index (χ0) is 18.9. The Morgan fingerprint density at radius 2 is 1.96 bits per heavy atom. The van der Waals surface area contributed by atoms with Gasteiger partial charge in [-0.2, -0.15) is 9.29 Å². The van der Waals surface area contributed by atoms with E-state index in [4.69, 9.17) is 16.1 Å². The monoisotopic (exact) mass is 411 g/mol. The molecule has 1 aromatic carbocycles. The first-order valence-corrected chi connectivity index (χ1v) is 10.7. The van der Waals surface area contributed by atoms with Gasteiger partial charge >= 0.3 is 0 Å². The molecule has 6 nitrogen and oxygen atoms in total. The van der Waals surface area contributed by atoms with Gasteiger partial charge in [0.25, 0.3) is 5.89 Å². The Bertz CT molecular complexity index is 1020. The van der Waals surface area contributed by atoms with Gasteiger partial charge in [-0.05, 0) is 25.1 Å². The van der Waals surface area contributed by atoms with Crippen LogP contribution in [0.1, 0.15) is 18.7 Å². The number of aromatic nitrogens is 2. The maximum atomic E-state index is 12.8. The lowest BCUT2D eigenvalue weighted by Gasteiger charge is -2.17. The SMILES string of the molecule is CCN(CC)S(=O)(=O)c1cc(-c2nc(-c3cccc(Cl)c3)no2)sc1C. The van der Waals surface area contributed by atoms with E-state index >= 15 is 0 Å². The highest BCUT2D eigenvalue weighted by atomic mass is 35.5. The van der Waals surface area contributed by atoms with Crippen LogP contribution >= 0.6 is 22.9 Å².